The minimum atomic E-state index is -3.93. The predicted octanol–water partition coefficient (Wildman–Crippen LogP) is 3.05. The van der Waals surface area contributed by atoms with Crippen molar-refractivity contribution >= 4 is 24.4 Å². The molecule has 0 N–H and O–H groups in total. The first kappa shape index (κ1) is 13.6. The molecule has 0 aliphatic carbocycles. The highest BCUT2D eigenvalue weighted by Crippen LogP contribution is 2.38. The summed E-state index contributed by atoms with van der Waals surface area (Å²) < 4.78 is 31.1. The Labute approximate surface area is 129 Å². The number of hydrogen-bond acceptors (Lipinski definition) is 2. The molecule has 1 aromatic heterocycles. The Morgan fingerprint density at radius 1 is 1.17 bits per heavy atom. The lowest BCUT2D eigenvalue weighted by molar-refractivity contribution is -0.384. The minimum absolute atomic E-state index is 0.0366. The summed E-state index contributed by atoms with van der Waals surface area (Å²) in [7, 11) is 0. The molecule has 5 nitrogen and oxygen atoms in total. The van der Waals surface area contributed by atoms with Gasteiger partial charge in [0.25, 0.3) is 5.69 Å². The van der Waals surface area contributed by atoms with Crippen LogP contribution < -0.4 is 0 Å². The van der Waals surface area contributed by atoms with Crippen LogP contribution in [0.2, 0.25) is 0 Å². The number of halogens is 2. The molecule has 0 radical (unpaired) electrons. The molecule has 23 heavy (non-hydrogen) atoms. The summed E-state index contributed by atoms with van der Waals surface area (Å²) >= 11 is 0. The van der Waals surface area contributed by atoms with E-state index in [1.807, 2.05) is 0 Å². The van der Waals surface area contributed by atoms with Gasteiger partial charge in [0.1, 0.15) is 6.21 Å². The van der Waals surface area contributed by atoms with Crippen LogP contribution in [0.3, 0.4) is 0 Å². The molecule has 0 bridgehead atoms. The molecule has 8 heteroatoms. The van der Waals surface area contributed by atoms with Crippen LogP contribution in [0.15, 0.2) is 60.4 Å². The van der Waals surface area contributed by atoms with E-state index in [1.165, 1.54) is 24.5 Å². The monoisotopic (exact) mass is 313 g/mol. The predicted molar refractivity (Wildman–Crippen MR) is 82.4 cm³/mol. The van der Waals surface area contributed by atoms with Gasteiger partial charge in [-0.2, -0.15) is 0 Å². The third-order valence-electron chi connectivity index (χ3n) is 4.11. The van der Waals surface area contributed by atoms with Gasteiger partial charge in [-0.3, -0.25) is 10.1 Å². The first-order chi connectivity index (χ1) is 11.0. The average Bonchev–Trinajstić information content (AvgIpc) is 3.18. The molecule has 0 saturated heterocycles. The summed E-state index contributed by atoms with van der Waals surface area (Å²) in [6.07, 6.45) is 5.90. The number of fused-ring (bicyclic) bond motifs is 2. The third-order valence-corrected chi connectivity index (χ3v) is 4.11. The van der Waals surface area contributed by atoms with Gasteiger partial charge in [0.15, 0.2) is 5.70 Å². The Morgan fingerprint density at radius 3 is 2.61 bits per heavy atom. The zero-order valence-electron chi connectivity index (χ0n) is 11.8. The molecule has 0 fully saturated rings. The summed E-state index contributed by atoms with van der Waals surface area (Å²) in [5, 5.41) is 10.8. The molecular formula is C15H10BF2N3O2. The van der Waals surface area contributed by atoms with Crippen LogP contribution in [0.5, 0.6) is 0 Å². The Hall–Kier alpha value is -3.03. The molecule has 2 aromatic rings. The number of benzene rings is 1. The third kappa shape index (κ3) is 1.81. The average molecular weight is 313 g/mol. The van der Waals surface area contributed by atoms with Crippen molar-refractivity contribution in [2.75, 3.05) is 0 Å². The number of nitro groups is 1. The van der Waals surface area contributed by atoms with E-state index >= 15 is 0 Å². The zero-order chi connectivity index (χ0) is 16.2. The summed E-state index contributed by atoms with van der Waals surface area (Å²) in [6, 6.07) is 9.12. The van der Waals surface area contributed by atoms with Gasteiger partial charge < -0.3 is 17.6 Å². The van der Waals surface area contributed by atoms with Crippen LogP contribution in [0, 0.1) is 10.1 Å². The van der Waals surface area contributed by atoms with Crippen LogP contribution >= 0.6 is 0 Å². The molecule has 0 saturated carbocycles. The smallest absolute Gasteiger partial charge is 0.396 e. The fourth-order valence-electron chi connectivity index (χ4n) is 3.06. The van der Waals surface area contributed by atoms with E-state index in [0.29, 0.717) is 22.5 Å². The van der Waals surface area contributed by atoms with Gasteiger partial charge >= 0.3 is 6.97 Å². The van der Waals surface area contributed by atoms with E-state index in [4.69, 9.17) is 0 Å². The van der Waals surface area contributed by atoms with Crippen molar-refractivity contribution in [3.05, 3.63) is 81.8 Å². The van der Waals surface area contributed by atoms with Crippen molar-refractivity contribution in [1.82, 2.24) is 4.48 Å². The SMILES string of the molecule is O=[N+]([O-])c1ccc(C2=C3C=CC=[N+]3[B-](F)(F)n3cccc32)cc1. The summed E-state index contributed by atoms with van der Waals surface area (Å²) in [6.45, 7) is -3.93. The number of nitrogens with zero attached hydrogens (tertiary/aromatic N) is 3. The Kier molecular flexibility index (Phi) is 2.66. The number of allylic oxidation sites excluding steroid dienone is 2. The molecule has 2 aliphatic heterocycles. The van der Waals surface area contributed by atoms with Crippen molar-refractivity contribution < 1.29 is 18.0 Å². The molecule has 0 atom stereocenters. The lowest BCUT2D eigenvalue weighted by Crippen LogP contribution is -2.49. The van der Waals surface area contributed by atoms with E-state index in [9.17, 15) is 18.7 Å². The second kappa shape index (κ2) is 4.48. The first-order valence-corrected chi connectivity index (χ1v) is 6.99. The molecule has 2 aliphatic rings. The molecular weight excluding hydrogens is 303 g/mol. The van der Waals surface area contributed by atoms with E-state index < -0.39 is 11.9 Å². The van der Waals surface area contributed by atoms with Gasteiger partial charge in [-0.05, 0) is 36.0 Å². The maximum Gasteiger partial charge on any atom is 0.737 e. The highest BCUT2D eigenvalue weighted by Gasteiger charge is 2.51. The van der Waals surface area contributed by atoms with E-state index in [0.717, 1.165) is 8.96 Å². The fourth-order valence-corrected chi connectivity index (χ4v) is 3.06. The highest BCUT2D eigenvalue weighted by molar-refractivity contribution is 6.57. The van der Waals surface area contributed by atoms with Crippen molar-refractivity contribution in [3.8, 4) is 0 Å². The minimum Gasteiger partial charge on any atom is -0.396 e. The Balaban J connectivity index is 1.96. The van der Waals surface area contributed by atoms with Crippen LogP contribution in [0.25, 0.3) is 5.57 Å². The lowest BCUT2D eigenvalue weighted by Gasteiger charge is -2.30. The molecule has 1 aromatic carbocycles. The van der Waals surface area contributed by atoms with Gasteiger partial charge in [0, 0.05) is 30.0 Å². The molecule has 0 amide bonds. The van der Waals surface area contributed by atoms with Crippen molar-refractivity contribution in [2.45, 2.75) is 0 Å². The second-order valence-corrected chi connectivity index (χ2v) is 5.37. The van der Waals surface area contributed by atoms with Gasteiger partial charge in [0.05, 0.1) is 10.5 Å². The van der Waals surface area contributed by atoms with Crippen molar-refractivity contribution in [3.63, 3.8) is 0 Å². The summed E-state index contributed by atoms with van der Waals surface area (Å²) in [5.74, 6) is 0. The molecule has 114 valence electrons. The number of non-ortho nitro benzene ring substituents is 1. The molecule has 4 rings (SSSR count). The zero-order valence-corrected chi connectivity index (χ0v) is 11.8. The van der Waals surface area contributed by atoms with E-state index in [-0.39, 0.29) is 5.69 Å². The van der Waals surface area contributed by atoms with Gasteiger partial charge in [-0.15, -0.1) is 0 Å². The quantitative estimate of drug-likeness (QED) is 0.486. The van der Waals surface area contributed by atoms with E-state index in [1.54, 1.807) is 36.4 Å². The standard InChI is InChI=1S/C15H10BF2N3O2/c17-16(18)19-9-1-3-13(19)15(14-4-2-10-20(14)16)11-5-7-12(8-6-11)21(22)23/h1-10H. The van der Waals surface area contributed by atoms with Gasteiger partial charge in [0.2, 0.25) is 0 Å². The first-order valence-electron chi connectivity index (χ1n) is 6.99. The van der Waals surface area contributed by atoms with Crippen molar-refractivity contribution in [2.24, 2.45) is 0 Å². The molecule has 3 heterocycles. The maximum atomic E-state index is 14.6. The van der Waals surface area contributed by atoms with Crippen LogP contribution in [-0.4, -0.2) is 27.1 Å². The Morgan fingerprint density at radius 2 is 1.91 bits per heavy atom. The van der Waals surface area contributed by atoms with Crippen LogP contribution in [0.1, 0.15) is 11.3 Å². The summed E-state index contributed by atoms with van der Waals surface area (Å²) in [4.78, 5) is 10.3. The number of aromatic nitrogens is 1. The molecule has 0 unspecified atom stereocenters. The van der Waals surface area contributed by atoms with Gasteiger partial charge in [-0.1, -0.05) is 0 Å². The topological polar surface area (TPSA) is 51.1 Å². The normalized spacial score (nSPS) is 17.7. The fraction of sp³-hybridized carbons (Fsp3) is 0. The molecule has 0 spiro atoms. The van der Waals surface area contributed by atoms with Gasteiger partial charge in [-0.25, -0.2) is 0 Å². The maximum absolute atomic E-state index is 14.6. The lowest BCUT2D eigenvalue weighted by atomic mass is 9.86. The largest absolute Gasteiger partial charge is 0.737 e. The van der Waals surface area contributed by atoms with Crippen LogP contribution in [0.4, 0.5) is 14.3 Å². The number of nitro benzene ring substituents is 1. The van der Waals surface area contributed by atoms with E-state index in [2.05, 4.69) is 0 Å². The Bertz CT molecular complexity index is 926. The number of rotatable bonds is 2. The second-order valence-electron chi connectivity index (χ2n) is 5.37. The van der Waals surface area contributed by atoms with Crippen LogP contribution in [-0.2, 0) is 0 Å². The van der Waals surface area contributed by atoms with Crippen molar-refractivity contribution in [1.29, 1.82) is 0 Å². The summed E-state index contributed by atoms with van der Waals surface area (Å²) in [5.41, 5.74) is 2.04. The number of hydrogen-bond donors (Lipinski definition) is 0. The highest BCUT2D eigenvalue weighted by atomic mass is 19.2.